The maximum absolute atomic E-state index is 5.22. The quantitative estimate of drug-likeness (QED) is 0.618. The Morgan fingerprint density at radius 3 is 3.06 bits per heavy atom. The maximum Gasteiger partial charge on any atom is 0.132 e. The van der Waals surface area contributed by atoms with Crippen LogP contribution in [0.3, 0.4) is 0 Å². The van der Waals surface area contributed by atoms with Crippen LogP contribution in [0.4, 0.5) is 5.82 Å². The Bertz CT molecular complexity index is 393. The molecule has 2 rings (SSSR count). The maximum atomic E-state index is 5.22. The molecule has 3 nitrogen and oxygen atoms in total. The molecule has 0 aliphatic heterocycles. The SMILES string of the molecule is C#CCCCNc1ncnc2c1CCCC2. The molecule has 0 fully saturated rings. The molecule has 1 heterocycles. The molecule has 1 aromatic heterocycles. The van der Waals surface area contributed by atoms with Gasteiger partial charge in [0.2, 0.25) is 0 Å². The van der Waals surface area contributed by atoms with E-state index < -0.39 is 0 Å². The van der Waals surface area contributed by atoms with E-state index in [4.69, 9.17) is 6.42 Å². The Hall–Kier alpha value is -1.56. The second kappa shape index (κ2) is 5.50. The summed E-state index contributed by atoms with van der Waals surface area (Å²) < 4.78 is 0. The summed E-state index contributed by atoms with van der Waals surface area (Å²) in [5.41, 5.74) is 2.54. The number of anilines is 1. The summed E-state index contributed by atoms with van der Waals surface area (Å²) in [5, 5.41) is 3.36. The second-order valence-electron chi connectivity index (χ2n) is 4.09. The van der Waals surface area contributed by atoms with Gasteiger partial charge < -0.3 is 5.32 Å². The molecule has 0 aromatic carbocycles. The lowest BCUT2D eigenvalue weighted by atomic mass is 9.96. The Kier molecular flexibility index (Phi) is 3.76. The number of hydrogen-bond donors (Lipinski definition) is 1. The van der Waals surface area contributed by atoms with Crippen LogP contribution in [-0.2, 0) is 12.8 Å². The lowest BCUT2D eigenvalue weighted by Gasteiger charge is -2.17. The molecule has 1 aromatic rings. The predicted molar refractivity (Wildman–Crippen MR) is 65.2 cm³/mol. The first-order chi connectivity index (χ1) is 7.92. The van der Waals surface area contributed by atoms with Gasteiger partial charge in [0.1, 0.15) is 12.1 Å². The van der Waals surface area contributed by atoms with Gasteiger partial charge in [0.05, 0.1) is 0 Å². The molecular weight excluding hydrogens is 198 g/mol. The van der Waals surface area contributed by atoms with Crippen LogP contribution in [0.15, 0.2) is 6.33 Å². The number of rotatable bonds is 4. The van der Waals surface area contributed by atoms with E-state index in [-0.39, 0.29) is 0 Å². The van der Waals surface area contributed by atoms with Gasteiger partial charge in [-0.3, -0.25) is 0 Å². The Balaban J connectivity index is 2.01. The third-order valence-corrected chi connectivity index (χ3v) is 2.92. The number of hydrogen-bond acceptors (Lipinski definition) is 3. The fourth-order valence-electron chi connectivity index (χ4n) is 2.07. The third kappa shape index (κ3) is 2.52. The zero-order valence-corrected chi connectivity index (χ0v) is 9.50. The number of unbranched alkanes of at least 4 members (excludes halogenated alkanes) is 1. The van der Waals surface area contributed by atoms with Crippen molar-refractivity contribution >= 4 is 5.82 Å². The smallest absolute Gasteiger partial charge is 0.132 e. The fourth-order valence-corrected chi connectivity index (χ4v) is 2.07. The minimum atomic E-state index is 0.820. The standard InChI is InChI=1S/C13H17N3/c1-2-3-6-9-14-13-11-7-4-5-8-12(11)15-10-16-13/h1,10H,3-9H2,(H,14,15,16). The van der Waals surface area contributed by atoms with E-state index in [1.54, 1.807) is 6.33 Å². The summed E-state index contributed by atoms with van der Waals surface area (Å²) >= 11 is 0. The normalized spacial score (nSPS) is 13.9. The largest absolute Gasteiger partial charge is 0.370 e. The van der Waals surface area contributed by atoms with Gasteiger partial charge in [-0.25, -0.2) is 9.97 Å². The van der Waals surface area contributed by atoms with Crippen LogP contribution in [0.5, 0.6) is 0 Å². The summed E-state index contributed by atoms with van der Waals surface area (Å²) in [7, 11) is 0. The monoisotopic (exact) mass is 215 g/mol. The molecular formula is C13H17N3. The zero-order chi connectivity index (χ0) is 11.2. The third-order valence-electron chi connectivity index (χ3n) is 2.92. The summed E-state index contributed by atoms with van der Waals surface area (Å²) in [6.45, 7) is 0.896. The van der Waals surface area contributed by atoms with E-state index in [1.807, 2.05) is 0 Å². The lowest BCUT2D eigenvalue weighted by Crippen LogP contribution is -2.12. The number of fused-ring (bicyclic) bond motifs is 1. The molecule has 16 heavy (non-hydrogen) atoms. The Morgan fingerprint density at radius 1 is 1.31 bits per heavy atom. The van der Waals surface area contributed by atoms with Gasteiger partial charge in [0.25, 0.3) is 0 Å². The molecule has 0 atom stereocenters. The van der Waals surface area contributed by atoms with E-state index in [0.29, 0.717) is 0 Å². The lowest BCUT2D eigenvalue weighted by molar-refractivity contribution is 0.663. The van der Waals surface area contributed by atoms with Gasteiger partial charge in [-0.15, -0.1) is 12.3 Å². The van der Waals surface area contributed by atoms with Crippen molar-refractivity contribution in [3.63, 3.8) is 0 Å². The van der Waals surface area contributed by atoms with Crippen LogP contribution < -0.4 is 5.32 Å². The molecule has 0 saturated carbocycles. The van der Waals surface area contributed by atoms with Gasteiger partial charge >= 0.3 is 0 Å². The topological polar surface area (TPSA) is 37.8 Å². The van der Waals surface area contributed by atoms with Crippen LogP contribution in [0.2, 0.25) is 0 Å². The van der Waals surface area contributed by atoms with Crippen molar-refractivity contribution in [1.29, 1.82) is 0 Å². The summed E-state index contributed by atoms with van der Waals surface area (Å²) in [6.07, 6.45) is 13.4. The Labute approximate surface area is 96.7 Å². The first kappa shape index (κ1) is 10.9. The number of nitrogens with zero attached hydrogens (tertiary/aromatic N) is 2. The molecule has 0 amide bonds. The summed E-state index contributed by atoms with van der Waals surface area (Å²) in [5.74, 6) is 3.66. The van der Waals surface area contributed by atoms with Crippen LogP contribution in [0.1, 0.15) is 36.9 Å². The predicted octanol–water partition coefficient (Wildman–Crippen LogP) is 2.18. The highest BCUT2D eigenvalue weighted by molar-refractivity contribution is 5.46. The van der Waals surface area contributed by atoms with Gasteiger partial charge in [0.15, 0.2) is 0 Å². The molecule has 0 spiro atoms. The summed E-state index contributed by atoms with van der Waals surface area (Å²) in [6, 6.07) is 0. The molecule has 0 unspecified atom stereocenters. The molecule has 84 valence electrons. The van der Waals surface area contributed by atoms with Crippen molar-refractivity contribution in [2.24, 2.45) is 0 Å². The molecule has 1 aliphatic rings. The minimum absolute atomic E-state index is 0.820. The minimum Gasteiger partial charge on any atom is -0.370 e. The molecule has 0 radical (unpaired) electrons. The highest BCUT2D eigenvalue weighted by Gasteiger charge is 2.14. The average molecular weight is 215 g/mol. The first-order valence-corrected chi connectivity index (χ1v) is 5.92. The van der Waals surface area contributed by atoms with Crippen molar-refractivity contribution < 1.29 is 0 Å². The van der Waals surface area contributed by atoms with Crippen LogP contribution in [0, 0.1) is 12.3 Å². The Morgan fingerprint density at radius 2 is 2.19 bits per heavy atom. The first-order valence-electron chi connectivity index (χ1n) is 5.92. The molecule has 1 aliphatic carbocycles. The van der Waals surface area contributed by atoms with Crippen LogP contribution >= 0.6 is 0 Å². The van der Waals surface area contributed by atoms with Crippen molar-refractivity contribution in [2.75, 3.05) is 11.9 Å². The van der Waals surface area contributed by atoms with E-state index in [0.717, 1.165) is 38.0 Å². The van der Waals surface area contributed by atoms with Gasteiger partial charge in [-0.05, 0) is 32.1 Å². The van der Waals surface area contributed by atoms with Crippen LogP contribution in [0.25, 0.3) is 0 Å². The van der Waals surface area contributed by atoms with Crippen molar-refractivity contribution in [3.05, 3.63) is 17.6 Å². The number of terminal acetylenes is 1. The number of nitrogens with one attached hydrogen (secondary N) is 1. The van der Waals surface area contributed by atoms with E-state index in [9.17, 15) is 0 Å². The van der Waals surface area contributed by atoms with E-state index in [2.05, 4.69) is 21.2 Å². The highest BCUT2D eigenvalue weighted by atomic mass is 15.0. The fraction of sp³-hybridized carbons (Fsp3) is 0.538. The van der Waals surface area contributed by atoms with Gasteiger partial charge in [-0.2, -0.15) is 0 Å². The number of aromatic nitrogens is 2. The van der Waals surface area contributed by atoms with Crippen LogP contribution in [-0.4, -0.2) is 16.5 Å². The zero-order valence-electron chi connectivity index (χ0n) is 9.50. The van der Waals surface area contributed by atoms with Crippen molar-refractivity contribution in [3.8, 4) is 12.3 Å². The second-order valence-corrected chi connectivity index (χ2v) is 4.09. The summed E-state index contributed by atoms with van der Waals surface area (Å²) in [4.78, 5) is 8.66. The van der Waals surface area contributed by atoms with E-state index in [1.165, 1.54) is 24.1 Å². The van der Waals surface area contributed by atoms with Gasteiger partial charge in [0, 0.05) is 24.2 Å². The molecule has 1 N–H and O–H groups in total. The average Bonchev–Trinajstić information content (AvgIpc) is 2.35. The van der Waals surface area contributed by atoms with Gasteiger partial charge in [-0.1, -0.05) is 0 Å². The molecule has 0 saturated heterocycles. The van der Waals surface area contributed by atoms with E-state index >= 15 is 0 Å². The highest BCUT2D eigenvalue weighted by Crippen LogP contribution is 2.24. The van der Waals surface area contributed by atoms with Crippen molar-refractivity contribution in [2.45, 2.75) is 38.5 Å². The molecule has 3 heteroatoms. The van der Waals surface area contributed by atoms with Crippen molar-refractivity contribution in [1.82, 2.24) is 9.97 Å². The number of aryl methyl sites for hydroxylation is 1. The molecule has 0 bridgehead atoms.